The fraction of sp³-hybridized carbons (Fsp3) is 0.480. The van der Waals surface area contributed by atoms with Gasteiger partial charge in [0, 0.05) is 30.4 Å². The Morgan fingerprint density at radius 1 is 1.06 bits per heavy atom. The molecule has 6 rings (SSSR count). The number of halogens is 1. The molecule has 1 N–H and O–H groups in total. The highest BCUT2D eigenvalue weighted by molar-refractivity contribution is 5.95. The molecule has 1 atom stereocenters. The Morgan fingerprint density at radius 3 is 2.62 bits per heavy atom. The summed E-state index contributed by atoms with van der Waals surface area (Å²) in [5, 5.41) is 0. The number of piperazine rings is 1. The van der Waals surface area contributed by atoms with Crippen LogP contribution in [0.5, 0.6) is 0 Å². The van der Waals surface area contributed by atoms with Gasteiger partial charge in [0.25, 0.3) is 5.56 Å². The monoisotopic (exact) mass is 434 g/mol. The summed E-state index contributed by atoms with van der Waals surface area (Å²) in [6.07, 6.45) is 9.37. The quantitative estimate of drug-likeness (QED) is 0.806. The number of hydrogen-bond donors (Lipinski definition) is 1. The van der Waals surface area contributed by atoms with Crippen molar-refractivity contribution in [3.8, 4) is 0 Å². The number of anilines is 1. The fourth-order valence-corrected chi connectivity index (χ4v) is 5.59. The second-order valence-electron chi connectivity index (χ2n) is 9.81. The van der Waals surface area contributed by atoms with E-state index in [0.717, 1.165) is 61.2 Å². The Bertz CT molecular complexity index is 1170. The summed E-state index contributed by atoms with van der Waals surface area (Å²) >= 11 is 0. The predicted octanol–water partition coefficient (Wildman–Crippen LogP) is 3.07. The van der Waals surface area contributed by atoms with Crippen LogP contribution in [0.4, 0.5) is 10.1 Å². The van der Waals surface area contributed by atoms with E-state index in [1.54, 1.807) is 17.0 Å². The standard InChI is InChI=1S/C25H27FN4O2/c26-17-2-5-18(6-3-17)30-12-11-29(15-22(30)31)19-4-1-16(13-19)23-27-21-7-8-25(9-10-25)14-20(21)24(32)28-23/h2-3,5-6,13,19H,1,4,7-12,14-15H2,(H,27,28,32)/t19-/m1/s1. The highest BCUT2D eigenvalue weighted by atomic mass is 19.1. The minimum absolute atomic E-state index is 0.0269. The second kappa shape index (κ2) is 7.37. The Kier molecular flexibility index (Phi) is 4.57. The zero-order valence-corrected chi connectivity index (χ0v) is 18.1. The molecule has 1 amide bonds. The molecule has 1 saturated heterocycles. The van der Waals surface area contributed by atoms with Crippen LogP contribution in [0.3, 0.4) is 0 Å². The lowest BCUT2D eigenvalue weighted by atomic mass is 9.84. The van der Waals surface area contributed by atoms with Gasteiger partial charge in [0.2, 0.25) is 5.91 Å². The Hall–Kier alpha value is -2.80. The van der Waals surface area contributed by atoms with Crippen LogP contribution in [0.2, 0.25) is 0 Å². The van der Waals surface area contributed by atoms with Gasteiger partial charge in [-0.2, -0.15) is 0 Å². The van der Waals surface area contributed by atoms with E-state index in [1.165, 1.54) is 25.0 Å². The van der Waals surface area contributed by atoms with E-state index in [9.17, 15) is 14.0 Å². The number of amides is 1. The van der Waals surface area contributed by atoms with E-state index in [4.69, 9.17) is 4.98 Å². The molecule has 0 radical (unpaired) electrons. The minimum atomic E-state index is -0.302. The molecule has 0 bridgehead atoms. The van der Waals surface area contributed by atoms with Gasteiger partial charge in [0.15, 0.2) is 0 Å². The molecule has 166 valence electrons. The van der Waals surface area contributed by atoms with E-state index in [2.05, 4.69) is 16.0 Å². The highest BCUT2D eigenvalue weighted by Crippen LogP contribution is 2.53. The van der Waals surface area contributed by atoms with Gasteiger partial charge in [-0.05, 0) is 80.2 Å². The molecule has 2 fully saturated rings. The first kappa shape index (κ1) is 19.9. The van der Waals surface area contributed by atoms with Gasteiger partial charge in [0.05, 0.1) is 12.2 Å². The smallest absolute Gasteiger partial charge is 0.254 e. The number of fused-ring (bicyclic) bond motifs is 1. The van der Waals surface area contributed by atoms with Crippen molar-refractivity contribution in [2.75, 3.05) is 24.5 Å². The third-order valence-electron chi connectivity index (χ3n) is 7.77. The van der Waals surface area contributed by atoms with Crippen molar-refractivity contribution >= 4 is 17.2 Å². The number of rotatable bonds is 3. The number of hydrogen-bond acceptors (Lipinski definition) is 4. The first-order valence-electron chi connectivity index (χ1n) is 11.6. The lowest BCUT2D eigenvalue weighted by molar-refractivity contribution is -0.121. The molecule has 1 aromatic carbocycles. The van der Waals surface area contributed by atoms with E-state index >= 15 is 0 Å². The molecule has 1 saturated carbocycles. The summed E-state index contributed by atoms with van der Waals surface area (Å²) in [5.41, 5.74) is 4.12. The summed E-state index contributed by atoms with van der Waals surface area (Å²) in [4.78, 5) is 37.4. The molecule has 6 nitrogen and oxygen atoms in total. The molecule has 3 aliphatic carbocycles. The van der Waals surface area contributed by atoms with Crippen molar-refractivity contribution in [2.45, 2.75) is 51.0 Å². The van der Waals surface area contributed by atoms with Crippen LogP contribution < -0.4 is 10.5 Å². The van der Waals surface area contributed by atoms with Crippen LogP contribution in [0, 0.1) is 11.2 Å². The average Bonchev–Trinajstić information content (AvgIpc) is 3.35. The molecular formula is C25H27FN4O2. The van der Waals surface area contributed by atoms with Gasteiger partial charge in [-0.25, -0.2) is 9.37 Å². The minimum Gasteiger partial charge on any atom is -0.310 e. The van der Waals surface area contributed by atoms with Crippen LogP contribution >= 0.6 is 0 Å². The van der Waals surface area contributed by atoms with Crippen LogP contribution in [-0.4, -0.2) is 46.5 Å². The van der Waals surface area contributed by atoms with Crippen molar-refractivity contribution in [1.29, 1.82) is 0 Å². The topological polar surface area (TPSA) is 69.3 Å². The number of benzene rings is 1. The SMILES string of the molecule is O=C1CN([C@H]2C=C(c3nc4c(c(=O)[nH]3)CC3(CC4)CC3)CC2)CCN1c1ccc(F)cc1. The van der Waals surface area contributed by atoms with Crippen molar-refractivity contribution in [3.63, 3.8) is 0 Å². The molecule has 32 heavy (non-hydrogen) atoms. The van der Waals surface area contributed by atoms with Crippen LogP contribution in [0.1, 0.15) is 49.2 Å². The van der Waals surface area contributed by atoms with E-state index in [1.807, 2.05) is 0 Å². The first-order valence-corrected chi connectivity index (χ1v) is 11.6. The van der Waals surface area contributed by atoms with Gasteiger partial charge in [-0.3, -0.25) is 14.5 Å². The number of nitrogens with zero attached hydrogens (tertiary/aromatic N) is 3. The van der Waals surface area contributed by atoms with Gasteiger partial charge in [-0.15, -0.1) is 0 Å². The molecule has 0 unspecified atom stereocenters. The number of aryl methyl sites for hydroxylation is 1. The Balaban J connectivity index is 1.17. The maximum Gasteiger partial charge on any atom is 0.254 e. The van der Waals surface area contributed by atoms with Gasteiger partial charge in [-0.1, -0.05) is 6.08 Å². The molecule has 1 aromatic heterocycles. The maximum atomic E-state index is 13.2. The number of H-pyrrole nitrogens is 1. The summed E-state index contributed by atoms with van der Waals surface area (Å²) < 4.78 is 13.2. The van der Waals surface area contributed by atoms with Crippen molar-refractivity contribution < 1.29 is 9.18 Å². The third-order valence-corrected chi connectivity index (χ3v) is 7.77. The molecule has 7 heteroatoms. The number of nitrogens with one attached hydrogen (secondary N) is 1. The summed E-state index contributed by atoms with van der Waals surface area (Å²) in [7, 11) is 0. The number of carbonyl (C=O) groups is 1. The van der Waals surface area contributed by atoms with Crippen LogP contribution in [-0.2, 0) is 17.6 Å². The summed E-state index contributed by atoms with van der Waals surface area (Å²) in [6.45, 7) is 1.68. The molecule has 2 aromatic rings. The van der Waals surface area contributed by atoms with Crippen LogP contribution in [0.25, 0.3) is 5.57 Å². The number of carbonyl (C=O) groups excluding carboxylic acids is 1. The molecule has 4 aliphatic rings. The predicted molar refractivity (Wildman–Crippen MR) is 120 cm³/mol. The fourth-order valence-electron chi connectivity index (χ4n) is 5.59. The summed E-state index contributed by atoms with van der Waals surface area (Å²) in [5.74, 6) is 0.433. The second-order valence-corrected chi connectivity index (χ2v) is 9.81. The number of aromatic amines is 1. The lowest BCUT2D eigenvalue weighted by Gasteiger charge is -2.37. The Labute approximate surface area is 186 Å². The highest BCUT2D eigenvalue weighted by Gasteiger charge is 2.45. The zero-order chi connectivity index (χ0) is 21.9. The number of aromatic nitrogens is 2. The van der Waals surface area contributed by atoms with Crippen LogP contribution in [0.15, 0.2) is 35.1 Å². The van der Waals surface area contributed by atoms with E-state index < -0.39 is 0 Å². The van der Waals surface area contributed by atoms with Gasteiger partial charge < -0.3 is 9.88 Å². The number of allylic oxidation sites excluding steroid dienone is 1. The maximum absolute atomic E-state index is 13.2. The molecular weight excluding hydrogens is 407 g/mol. The van der Waals surface area contributed by atoms with Crippen molar-refractivity contribution in [2.24, 2.45) is 5.41 Å². The molecule has 1 spiro atoms. The Morgan fingerprint density at radius 2 is 1.88 bits per heavy atom. The molecule has 2 heterocycles. The zero-order valence-electron chi connectivity index (χ0n) is 18.1. The summed E-state index contributed by atoms with van der Waals surface area (Å²) in [6, 6.07) is 6.25. The molecule has 1 aliphatic heterocycles. The lowest BCUT2D eigenvalue weighted by Crippen LogP contribution is -2.53. The van der Waals surface area contributed by atoms with E-state index in [-0.39, 0.29) is 23.3 Å². The van der Waals surface area contributed by atoms with Gasteiger partial charge >= 0.3 is 0 Å². The van der Waals surface area contributed by atoms with Crippen molar-refractivity contribution in [1.82, 2.24) is 14.9 Å². The normalized spacial score (nSPS) is 24.5. The van der Waals surface area contributed by atoms with Crippen molar-refractivity contribution in [3.05, 3.63) is 63.6 Å². The van der Waals surface area contributed by atoms with E-state index in [0.29, 0.717) is 24.3 Å². The average molecular weight is 435 g/mol. The largest absolute Gasteiger partial charge is 0.310 e. The van der Waals surface area contributed by atoms with Gasteiger partial charge in [0.1, 0.15) is 11.6 Å². The third kappa shape index (κ3) is 3.48. The first-order chi connectivity index (χ1) is 15.5.